The summed E-state index contributed by atoms with van der Waals surface area (Å²) in [5.74, 6) is 4.99. The van der Waals surface area contributed by atoms with Crippen LogP contribution in [-0.2, 0) is 4.79 Å². The third-order valence-corrected chi connectivity index (χ3v) is 2.36. The summed E-state index contributed by atoms with van der Waals surface area (Å²) in [5.41, 5.74) is 2.93. The number of aromatic hydroxyl groups is 1. The van der Waals surface area contributed by atoms with Gasteiger partial charge in [-0.05, 0) is 31.2 Å². The zero-order valence-corrected chi connectivity index (χ0v) is 8.77. The maximum absolute atomic E-state index is 11.3. The van der Waals surface area contributed by atoms with Crippen LogP contribution < -0.4 is 16.2 Å². The minimum absolute atomic E-state index is 0.197. The van der Waals surface area contributed by atoms with E-state index in [1.54, 1.807) is 43.1 Å². The van der Waals surface area contributed by atoms with E-state index in [1.807, 2.05) is 0 Å². The highest BCUT2D eigenvalue weighted by molar-refractivity contribution is 5.84. The summed E-state index contributed by atoms with van der Waals surface area (Å²) in [4.78, 5) is 13.0. The second-order valence-electron chi connectivity index (χ2n) is 3.31. The largest absolute Gasteiger partial charge is 0.508 e. The number of phenolic OH excluding ortho intramolecular Hbond substituents is 1. The number of benzene rings is 1. The lowest BCUT2D eigenvalue weighted by Crippen LogP contribution is -2.46. The fourth-order valence-electron chi connectivity index (χ4n) is 1.21. The number of hydrogen-bond donors (Lipinski definition) is 3. The quantitative estimate of drug-likeness (QED) is 0.377. The van der Waals surface area contributed by atoms with Crippen LogP contribution in [0.4, 0.5) is 5.69 Å². The van der Waals surface area contributed by atoms with Gasteiger partial charge in [0.1, 0.15) is 11.8 Å². The average molecular weight is 209 g/mol. The van der Waals surface area contributed by atoms with E-state index in [4.69, 9.17) is 10.9 Å². The zero-order chi connectivity index (χ0) is 11.4. The number of phenols is 1. The molecule has 1 aromatic rings. The molecular weight excluding hydrogens is 194 g/mol. The van der Waals surface area contributed by atoms with Crippen LogP contribution >= 0.6 is 0 Å². The molecule has 1 unspecified atom stereocenters. The molecule has 0 fully saturated rings. The minimum atomic E-state index is -0.362. The Morgan fingerprint density at radius 2 is 2.00 bits per heavy atom. The highest BCUT2D eigenvalue weighted by Crippen LogP contribution is 2.18. The second-order valence-corrected chi connectivity index (χ2v) is 3.31. The van der Waals surface area contributed by atoms with Gasteiger partial charge in [-0.1, -0.05) is 0 Å². The fraction of sp³-hybridized carbons (Fsp3) is 0.300. The summed E-state index contributed by atoms with van der Waals surface area (Å²) in [5, 5.41) is 9.11. The van der Waals surface area contributed by atoms with Gasteiger partial charge >= 0.3 is 0 Å². The smallest absolute Gasteiger partial charge is 0.256 e. The lowest BCUT2D eigenvalue weighted by Gasteiger charge is -2.25. The molecular formula is C10H15N3O2. The van der Waals surface area contributed by atoms with Gasteiger partial charge in [0.2, 0.25) is 0 Å². The Hall–Kier alpha value is -1.75. The number of rotatable bonds is 3. The maximum Gasteiger partial charge on any atom is 0.256 e. The lowest BCUT2D eigenvalue weighted by molar-refractivity contribution is -0.122. The molecule has 0 aromatic heterocycles. The van der Waals surface area contributed by atoms with Gasteiger partial charge in [0, 0.05) is 12.7 Å². The van der Waals surface area contributed by atoms with E-state index in [1.165, 1.54) is 0 Å². The van der Waals surface area contributed by atoms with Crippen molar-refractivity contribution >= 4 is 11.6 Å². The number of amides is 1. The highest BCUT2D eigenvalue weighted by Gasteiger charge is 2.16. The molecule has 0 heterocycles. The Morgan fingerprint density at radius 1 is 1.47 bits per heavy atom. The number of likely N-dealkylation sites (N-methyl/N-ethyl adjacent to an activating group) is 1. The molecule has 0 aliphatic heterocycles. The van der Waals surface area contributed by atoms with Crippen molar-refractivity contribution in [1.29, 1.82) is 0 Å². The Morgan fingerprint density at radius 3 is 2.47 bits per heavy atom. The van der Waals surface area contributed by atoms with Crippen LogP contribution in [0.3, 0.4) is 0 Å². The summed E-state index contributed by atoms with van der Waals surface area (Å²) < 4.78 is 0. The average Bonchev–Trinajstić information content (AvgIpc) is 2.27. The molecule has 1 rings (SSSR count). The molecule has 5 heteroatoms. The molecule has 0 aliphatic rings. The lowest BCUT2D eigenvalue weighted by atomic mass is 10.2. The van der Waals surface area contributed by atoms with E-state index in [2.05, 4.69) is 5.43 Å². The van der Waals surface area contributed by atoms with E-state index in [0.29, 0.717) is 0 Å². The molecule has 0 saturated carbocycles. The van der Waals surface area contributed by atoms with Gasteiger partial charge in [-0.2, -0.15) is 0 Å². The third kappa shape index (κ3) is 2.60. The maximum atomic E-state index is 11.3. The number of carbonyl (C=O) groups excluding carboxylic acids is 1. The summed E-state index contributed by atoms with van der Waals surface area (Å²) in [7, 11) is 1.78. The van der Waals surface area contributed by atoms with Crippen molar-refractivity contribution in [3.05, 3.63) is 24.3 Å². The van der Waals surface area contributed by atoms with Crippen LogP contribution in [0.5, 0.6) is 5.75 Å². The van der Waals surface area contributed by atoms with Crippen LogP contribution in [-0.4, -0.2) is 24.1 Å². The monoisotopic (exact) mass is 209 g/mol. The van der Waals surface area contributed by atoms with Crippen LogP contribution in [0.1, 0.15) is 6.92 Å². The van der Waals surface area contributed by atoms with Crippen LogP contribution in [0.2, 0.25) is 0 Å². The standard InChI is InChI=1S/C10H15N3O2/c1-7(10(15)12-11)13(2)8-3-5-9(14)6-4-8/h3-7,14H,11H2,1-2H3,(H,12,15). The molecule has 0 saturated heterocycles. The van der Waals surface area contributed by atoms with Gasteiger partial charge in [-0.3, -0.25) is 10.2 Å². The molecule has 5 nitrogen and oxygen atoms in total. The predicted octanol–water partition coefficient (Wildman–Crippen LogP) is 0.207. The molecule has 0 aliphatic carbocycles. The van der Waals surface area contributed by atoms with Crippen molar-refractivity contribution in [2.75, 3.05) is 11.9 Å². The molecule has 15 heavy (non-hydrogen) atoms. The number of nitrogens with one attached hydrogen (secondary N) is 1. The van der Waals surface area contributed by atoms with Gasteiger partial charge in [-0.15, -0.1) is 0 Å². The number of carbonyl (C=O) groups is 1. The summed E-state index contributed by atoms with van der Waals surface area (Å²) >= 11 is 0. The van der Waals surface area contributed by atoms with E-state index < -0.39 is 0 Å². The highest BCUT2D eigenvalue weighted by atomic mass is 16.3. The Bertz CT molecular complexity index is 337. The second kappa shape index (κ2) is 4.65. The molecule has 0 spiro atoms. The molecule has 4 N–H and O–H groups in total. The van der Waals surface area contributed by atoms with Gasteiger partial charge in [0.05, 0.1) is 0 Å². The zero-order valence-electron chi connectivity index (χ0n) is 8.77. The van der Waals surface area contributed by atoms with Crippen molar-refractivity contribution < 1.29 is 9.90 Å². The molecule has 1 amide bonds. The van der Waals surface area contributed by atoms with Crippen LogP contribution in [0.25, 0.3) is 0 Å². The van der Waals surface area contributed by atoms with E-state index in [9.17, 15) is 4.79 Å². The summed E-state index contributed by atoms with van der Waals surface area (Å²) in [6, 6.07) is 6.24. The van der Waals surface area contributed by atoms with Crippen molar-refractivity contribution in [1.82, 2.24) is 5.43 Å². The minimum Gasteiger partial charge on any atom is -0.508 e. The first-order chi connectivity index (χ1) is 7.06. The van der Waals surface area contributed by atoms with E-state index >= 15 is 0 Å². The van der Waals surface area contributed by atoms with Gasteiger partial charge in [0.15, 0.2) is 0 Å². The SMILES string of the molecule is CC(C(=O)NN)N(C)c1ccc(O)cc1. The van der Waals surface area contributed by atoms with Gasteiger partial charge in [0.25, 0.3) is 5.91 Å². The topological polar surface area (TPSA) is 78.6 Å². The van der Waals surface area contributed by atoms with Gasteiger partial charge in [-0.25, -0.2) is 5.84 Å². The first-order valence-electron chi connectivity index (χ1n) is 4.58. The molecule has 1 atom stereocenters. The summed E-state index contributed by atoms with van der Waals surface area (Å²) in [6.07, 6.45) is 0. The predicted molar refractivity (Wildman–Crippen MR) is 58.3 cm³/mol. The first kappa shape index (κ1) is 11.3. The summed E-state index contributed by atoms with van der Waals surface area (Å²) in [6.45, 7) is 1.75. The first-order valence-corrected chi connectivity index (χ1v) is 4.58. The third-order valence-electron chi connectivity index (χ3n) is 2.36. The molecule has 82 valence electrons. The van der Waals surface area contributed by atoms with Crippen molar-refractivity contribution in [2.45, 2.75) is 13.0 Å². The molecule has 1 aromatic carbocycles. The normalized spacial score (nSPS) is 11.9. The number of anilines is 1. The Balaban J connectivity index is 2.80. The van der Waals surface area contributed by atoms with Crippen LogP contribution in [0, 0.1) is 0 Å². The van der Waals surface area contributed by atoms with Crippen molar-refractivity contribution in [3.8, 4) is 5.75 Å². The molecule has 0 bridgehead atoms. The molecule has 0 radical (unpaired) electrons. The Labute approximate surface area is 88.5 Å². The Kier molecular flexibility index (Phi) is 3.51. The van der Waals surface area contributed by atoms with E-state index in [-0.39, 0.29) is 17.7 Å². The number of hydrazine groups is 1. The number of nitrogens with zero attached hydrogens (tertiary/aromatic N) is 1. The van der Waals surface area contributed by atoms with E-state index in [0.717, 1.165) is 5.69 Å². The number of hydrogen-bond acceptors (Lipinski definition) is 4. The van der Waals surface area contributed by atoms with Crippen molar-refractivity contribution in [2.24, 2.45) is 5.84 Å². The van der Waals surface area contributed by atoms with Gasteiger partial charge < -0.3 is 10.0 Å². The number of nitrogens with two attached hydrogens (primary N) is 1. The van der Waals surface area contributed by atoms with Crippen molar-refractivity contribution in [3.63, 3.8) is 0 Å². The fourth-order valence-corrected chi connectivity index (χ4v) is 1.21. The van der Waals surface area contributed by atoms with Crippen LogP contribution in [0.15, 0.2) is 24.3 Å².